The summed E-state index contributed by atoms with van der Waals surface area (Å²) in [4.78, 5) is 16.0. The van der Waals surface area contributed by atoms with Gasteiger partial charge in [-0.25, -0.2) is 4.98 Å². The number of amides is 1. The number of aromatic nitrogens is 1. The molecule has 98 valence electrons. The molecule has 1 amide bonds. The smallest absolute Gasteiger partial charge is 0.254 e. The molecule has 2 rings (SSSR count). The SMILES string of the molecule is CSC1(CNC(=O)c2cc(Br)cnc2Cl)CCC1. The third-order valence-corrected chi connectivity index (χ3v) is 5.47. The van der Waals surface area contributed by atoms with E-state index < -0.39 is 0 Å². The highest BCUT2D eigenvalue weighted by atomic mass is 79.9. The molecule has 0 bridgehead atoms. The van der Waals surface area contributed by atoms with E-state index in [-0.39, 0.29) is 15.8 Å². The van der Waals surface area contributed by atoms with Gasteiger partial charge in [0.2, 0.25) is 0 Å². The van der Waals surface area contributed by atoms with Crippen LogP contribution in [0.2, 0.25) is 5.15 Å². The van der Waals surface area contributed by atoms with E-state index in [0.29, 0.717) is 12.1 Å². The molecule has 0 atom stereocenters. The maximum Gasteiger partial charge on any atom is 0.254 e. The van der Waals surface area contributed by atoms with E-state index in [1.54, 1.807) is 12.3 Å². The zero-order valence-corrected chi connectivity index (χ0v) is 13.2. The summed E-state index contributed by atoms with van der Waals surface area (Å²) in [5, 5.41) is 3.19. The van der Waals surface area contributed by atoms with E-state index in [2.05, 4.69) is 32.5 Å². The molecule has 0 spiro atoms. The van der Waals surface area contributed by atoms with Crippen molar-refractivity contribution in [2.75, 3.05) is 12.8 Å². The van der Waals surface area contributed by atoms with Gasteiger partial charge in [0.15, 0.2) is 0 Å². The first-order valence-electron chi connectivity index (χ1n) is 5.71. The second kappa shape index (κ2) is 5.80. The van der Waals surface area contributed by atoms with Gasteiger partial charge in [-0.2, -0.15) is 11.8 Å². The minimum absolute atomic E-state index is 0.158. The molecule has 1 fully saturated rings. The minimum Gasteiger partial charge on any atom is -0.351 e. The number of carbonyl (C=O) groups is 1. The monoisotopic (exact) mass is 348 g/mol. The summed E-state index contributed by atoms with van der Waals surface area (Å²) in [6, 6.07) is 1.69. The van der Waals surface area contributed by atoms with Crippen LogP contribution in [0.5, 0.6) is 0 Å². The fourth-order valence-corrected chi connectivity index (χ4v) is 3.38. The standard InChI is InChI=1S/C12H14BrClN2OS/c1-18-12(3-2-4-12)7-16-11(17)9-5-8(13)6-15-10(9)14/h5-6H,2-4,7H2,1H3,(H,16,17). The number of rotatable bonds is 4. The zero-order valence-electron chi connectivity index (χ0n) is 10.0. The third kappa shape index (κ3) is 3.00. The van der Waals surface area contributed by atoms with Crippen molar-refractivity contribution in [2.45, 2.75) is 24.0 Å². The van der Waals surface area contributed by atoms with E-state index in [0.717, 1.165) is 4.47 Å². The van der Waals surface area contributed by atoms with Gasteiger partial charge in [0, 0.05) is 22.0 Å². The molecule has 1 aliphatic carbocycles. The van der Waals surface area contributed by atoms with Gasteiger partial charge >= 0.3 is 0 Å². The normalized spacial score (nSPS) is 17.1. The molecule has 1 N–H and O–H groups in total. The Morgan fingerprint density at radius 1 is 1.67 bits per heavy atom. The Hall–Kier alpha value is -0.260. The van der Waals surface area contributed by atoms with Crippen molar-refractivity contribution in [3.05, 3.63) is 27.5 Å². The summed E-state index contributed by atoms with van der Waals surface area (Å²) >= 11 is 11.0. The van der Waals surface area contributed by atoms with Crippen LogP contribution in [0.3, 0.4) is 0 Å². The van der Waals surface area contributed by atoms with E-state index in [1.807, 2.05) is 11.8 Å². The highest BCUT2D eigenvalue weighted by Crippen LogP contribution is 2.42. The lowest BCUT2D eigenvalue weighted by Gasteiger charge is -2.40. The van der Waals surface area contributed by atoms with Gasteiger partial charge in [0.05, 0.1) is 5.56 Å². The van der Waals surface area contributed by atoms with Crippen LogP contribution in [0.15, 0.2) is 16.7 Å². The molecular weight excluding hydrogens is 336 g/mol. The highest BCUT2D eigenvalue weighted by Gasteiger charge is 2.36. The van der Waals surface area contributed by atoms with Gasteiger partial charge in [0.25, 0.3) is 5.91 Å². The van der Waals surface area contributed by atoms with Crippen LogP contribution in [-0.2, 0) is 0 Å². The van der Waals surface area contributed by atoms with Crippen molar-refractivity contribution in [3.63, 3.8) is 0 Å². The third-order valence-electron chi connectivity index (χ3n) is 3.32. The number of pyridine rings is 1. The summed E-state index contributed by atoms with van der Waals surface area (Å²) in [5.74, 6) is -0.158. The molecule has 3 nitrogen and oxygen atoms in total. The molecule has 0 saturated heterocycles. The molecular formula is C12H14BrClN2OS. The Bertz CT molecular complexity index is 460. The lowest BCUT2D eigenvalue weighted by Crippen LogP contribution is -2.45. The Labute approximate surface area is 124 Å². The Kier molecular flexibility index (Phi) is 4.56. The fraction of sp³-hybridized carbons (Fsp3) is 0.500. The van der Waals surface area contributed by atoms with Crippen LogP contribution in [-0.4, -0.2) is 28.4 Å². The first-order chi connectivity index (χ1) is 8.56. The molecule has 0 unspecified atom stereocenters. The van der Waals surface area contributed by atoms with Crippen molar-refractivity contribution in [2.24, 2.45) is 0 Å². The van der Waals surface area contributed by atoms with Gasteiger partial charge in [-0.15, -0.1) is 0 Å². The van der Waals surface area contributed by atoms with Crippen LogP contribution in [0.4, 0.5) is 0 Å². The predicted octanol–water partition coefficient (Wildman–Crippen LogP) is 3.51. The van der Waals surface area contributed by atoms with E-state index in [1.165, 1.54) is 19.3 Å². The number of nitrogens with one attached hydrogen (secondary N) is 1. The average Bonchev–Trinajstić information content (AvgIpc) is 2.31. The predicted molar refractivity (Wildman–Crippen MR) is 79.4 cm³/mol. The topological polar surface area (TPSA) is 42.0 Å². The first kappa shape index (κ1) is 14.2. The second-order valence-corrected chi connectivity index (χ2v) is 6.96. The summed E-state index contributed by atoms with van der Waals surface area (Å²) in [6.45, 7) is 0.690. The quantitative estimate of drug-likeness (QED) is 0.846. The van der Waals surface area contributed by atoms with Gasteiger partial charge in [0.1, 0.15) is 5.15 Å². The number of halogens is 2. The summed E-state index contributed by atoms with van der Waals surface area (Å²) in [6.07, 6.45) is 7.25. The Morgan fingerprint density at radius 3 is 2.94 bits per heavy atom. The molecule has 1 saturated carbocycles. The molecule has 18 heavy (non-hydrogen) atoms. The lowest BCUT2D eigenvalue weighted by atomic mass is 9.84. The number of nitrogens with zero attached hydrogens (tertiary/aromatic N) is 1. The molecule has 0 radical (unpaired) electrons. The van der Waals surface area contributed by atoms with Crippen molar-refractivity contribution in [3.8, 4) is 0 Å². The summed E-state index contributed by atoms with van der Waals surface area (Å²) in [7, 11) is 0. The number of thioether (sulfide) groups is 1. The molecule has 1 aromatic rings. The zero-order chi connectivity index (χ0) is 13.2. The van der Waals surface area contributed by atoms with Crippen LogP contribution in [0, 0.1) is 0 Å². The largest absolute Gasteiger partial charge is 0.351 e. The molecule has 1 heterocycles. The summed E-state index contributed by atoms with van der Waals surface area (Å²) < 4.78 is 0.974. The maximum absolute atomic E-state index is 12.1. The molecule has 1 aliphatic rings. The van der Waals surface area contributed by atoms with Crippen LogP contribution >= 0.6 is 39.3 Å². The summed E-state index contributed by atoms with van der Waals surface area (Å²) in [5.41, 5.74) is 0.418. The van der Waals surface area contributed by atoms with E-state index >= 15 is 0 Å². The van der Waals surface area contributed by atoms with Gasteiger partial charge in [-0.05, 0) is 41.1 Å². The molecule has 0 aliphatic heterocycles. The van der Waals surface area contributed by atoms with Gasteiger partial charge in [-0.3, -0.25) is 4.79 Å². The van der Waals surface area contributed by atoms with Crippen molar-refractivity contribution in [1.29, 1.82) is 0 Å². The molecule has 0 aromatic carbocycles. The fourth-order valence-electron chi connectivity index (χ4n) is 1.94. The number of carbonyl (C=O) groups excluding carboxylic acids is 1. The van der Waals surface area contributed by atoms with Crippen molar-refractivity contribution in [1.82, 2.24) is 10.3 Å². The van der Waals surface area contributed by atoms with E-state index in [4.69, 9.17) is 11.6 Å². The van der Waals surface area contributed by atoms with Gasteiger partial charge < -0.3 is 5.32 Å². The average molecular weight is 350 g/mol. The van der Waals surface area contributed by atoms with Crippen LogP contribution in [0.1, 0.15) is 29.6 Å². The maximum atomic E-state index is 12.1. The first-order valence-corrected chi connectivity index (χ1v) is 8.10. The van der Waals surface area contributed by atoms with Crippen molar-refractivity contribution >= 4 is 45.2 Å². The van der Waals surface area contributed by atoms with Crippen LogP contribution in [0.25, 0.3) is 0 Å². The molecule has 6 heteroatoms. The Balaban J connectivity index is 2.01. The Morgan fingerprint density at radius 2 is 2.39 bits per heavy atom. The number of hydrogen-bond donors (Lipinski definition) is 1. The second-order valence-electron chi connectivity index (χ2n) is 4.42. The highest BCUT2D eigenvalue weighted by molar-refractivity contribution is 9.10. The number of hydrogen-bond acceptors (Lipinski definition) is 3. The van der Waals surface area contributed by atoms with E-state index in [9.17, 15) is 4.79 Å². The minimum atomic E-state index is -0.158. The van der Waals surface area contributed by atoms with Gasteiger partial charge in [-0.1, -0.05) is 18.0 Å². The molecule has 1 aromatic heterocycles. The van der Waals surface area contributed by atoms with Crippen molar-refractivity contribution < 1.29 is 4.79 Å². The van der Waals surface area contributed by atoms with Crippen LogP contribution < -0.4 is 5.32 Å². The lowest BCUT2D eigenvalue weighted by molar-refractivity contribution is 0.0943.